The topological polar surface area (TPSA) is 63.4 Å². The van der Waals surface area contributed by atoms with E-state index in [1.165, 1.54) is 10.5 Å². The minimum Gasteiger partial charge on any atom is -0.338 e. The number of nitrogens with zero attached hydrogens (tertiary/aromatic N) is 5. The molecule has 1 aliphatic heterocycles. The minimum atomic E-state index is 0.0400. The van der Waals surface area contributed by atoms with E-state index >= 15 is 0 Å². The second-order valence-electron chi connectivity index (χ2n) is 6.61. The molecule has 0 radical (unpaired) electrons. The summed E-state index contributed by atoms with van der Waals surface area (Å²) in [4.78, 5) is 29.2. The maximum absolute atomic E-state index is 12.8. The SMILES string of the molecule is Cc1ncc(C(=O)N2CCC(c3nc(C)n4ccsc34)CC2)c(C)n1. The van der Waals surface area contributed by atoms with Crippen LogP contribution in [0.25, 0.3) is 4.83 Å². The van der Waals surface area contributed by atoms with Gasteiger partial charge in [-0.1, -0.05) is 0 Å². The molecule has 7 heteroatoms. The number of carbonyl (C=O) groups excluding carboxylic acids is 1. The molecule has 0 spiro atoms. The highest BCUT2D eigenvalue weighted by Crippen LogP contribution is 2.33. The van der Waals surface area contributed by atoms with Gasteiger partial charge in [-0.25, -0.2) is 15.0 Å². The Kier molecular flexibility index (Phi) is 4.03. The molecule has 0 bridgehead atoms. The van der Waals surface area contributed by atoms with Gasteiger partial charge in [0.05, 0.1) is 17.0 Å². The van der Waals surface area contributed by atoms with Crippen LogP contribution in [0.1, 0.15) is 52.2 Å². The Labute approximate surface area is 150 Å². The molecule has 4 rings (SSSR count). The molecular formula is C18H21N5OS. The number of fused-ring (bicyclic) bond motifs is 1. The summed E-state index contributed by atoms with van der Waals surface area (Å²) in [7, 11) is 0. The second kappa shape index (κ2) is 6.22. The van der Waals surface area contributed by atoms with E-state index in [1.54, 1.807) is 17.5 Å². The fourth-order valence-electron chi connectivity index (χ4n) is 3.58. The van der Waals surface area contributed by atoms with E-state index in [4.69, 9.17) is 4.98 Å². The van der Waals surface area contributed by atoms with Gasteiger partial charge in [0.2, 0.25) is 0 Å². The lowest BCUT2D eigenvalue weighted by Crippen LogP contribution is -2.38. The fraction of sp³-hybridized carbons (Fsp3) is 0.444. The van der Waals surface area contributed by atoms with Crippen molar-refractivity contribution in [2.75, 3.05) is 13.1 Å². The van der Waals surface area contributed by atoms with Crippen molar-refractivity contribution >= 4 is 22.1 Å². The quantitative estimate of drug-likeness (QED) is 0.708. The second-order valence-corrected chi connectivity index (χ2v) is 7.50. The number of aromatic nitrogens is 4. The van der Waals surface area contributed by atoms with E-state index in [9.17, 15) is 4.79 Å². The zero-order valence-corrected chi connectivity index (χ0v) is 15.5. The van der Waals surface area contributed by atoms with Crippen LogP contribution in [0.2, 0.25) is 0 Å². The highest BCUT2D eigenvalue weighted by molar-refractivity contribution is 7.15. The van der Waals surface area contributed by atoms with Crippen molar-refractivity contribution in [2.24, 2.45) is 0 Å². The molecule has 0 saturated carbocycles. The lowest BCUT2D eigenvalue weighted by Gasteiger charge is -2.31. The monoisotopic (exact) mass is 355 g/mol. The first-order chi connectivity index (χ1) is 12.0. The molecule has 0 aliphatic carbocycles. The summed E-state index contributed by atoms with van der Waals surface area (Å²) in [5, 5.41) is 2.10. The minimum absolute atomic E-state index is 0.0400. The van der Waals surface area contributed by atoms with Gasteiger partial charge in [0.15, 0.2) is 0 Å². The van der Waals surface area contributed by atoms with Gasteiger partial charge in [-0.05, 0) is 33.6 Å². The van der Waals surface area contributed by atoms with Crippen LogP contribution >= 0.6 is 11.3 Å². The maximum Gasteiger partial charge on any atom is 0.257 e. The van der Waals surface area contributed by atoms with E-state index in [1.807, 2.05) is 25.7 Å². The number of imidazole rings is 1. The summed E-state index contributed by atoms with van der Waals surface area (Å²) in [5.74, 6) is 2.19. The van der Waals surface area contributed by atoms with Crippen molar-refractivity contribution in [1.82, 2.24) is 24.3 Å². The number of thiazole rings is 1. The van der Waals surface area contributed by atoms with E-state index in [0.717, 1.165) is 37.4 Å². The van der Waals surface area contributed by atoms with Crippen LogP contribution in [0.5, 0.6) is 0 Å². The number of hydrogen-bond donors (Lipinski definition) is 0. The molecule has 1 aliphatic rings. The van der Waals surface area contributed by atoms with Crippen LogP contribution < -0.4 is 0 Å². The molecule has 4 heterocycles. The summed E-state index contributed by atoms with van der Waals surface area (Å²) in [5.41, 5.74) is 2.56. The van der Waals surface area contributed by atoms with Gasteiger partial charge in [0.1, 0.15) is 16.5 Å². The Morgan fingerprint density at radius 1 is 1.20 bits per heavy atom. The number of likely N-dealkylation sites (tertiary alicyclic amines) is 1. The van der Waals surface area contributed by atoms with Crippen LogP contribution in [0.3, 0.4) is 0 Å². The van der Waals surface area contributed by atoms with Gasteiger partial charge in [0.25, 0.3) is 5.91 Å². The number of amides is 1. The van der Waals surface area contributed by atoms with Crippen molar-refractivity contribution in [2.45, 2.75) is 39.5 Å². The highest BCUT2D eigenvalue weighted by atomic mass is 32.1. The average Bonchev–Trinajstić information content (AvgIpc) is 3.19. The van der Waals surface area contributed by atoms with Crippen molar-refractivity contribution < 1.29 is 4.79 Å². The number of rotatable bonds is 2. The summed E-state index contributed by atoms with van der Waals surface area (Å²) in [6.45, 7) is 7.25. The molecule has 0 aromatic carbocycles. The first-order valence-electron chi connectivity index (χ1n) is 8.56. The summed E-state index contributed by atoms with van der Waals surface area (Å²) < 4.78 is 2.16. The molecule has 130 valence electrons. The molecule has 6 nitrogen and oxygen atoms in total. The number of carbonyl (C=O) groups is 1. The average molecular weight is 355 g/mol. The zero-order valence-electron chi connectivity index (χ0n) is 14.7. The number of aryl methyl sites for hydroxylation is 3. The van der Waals surface area contributed by atoms with Gasteiger partial charge < -0.3 is 4.90 Å². The molecule has 25 heavy (non-hydrogen) atoms. The van der Waals surface area contributed by atoms with Crippen LogP contribution in [0, 0.1) is 20.8 Å². The Bertz CT molecular complexity index is 936. The van der Waals surface area contributed by atoms with Crippen molar-refractivity contribution in [3.63, 3.8) is 0 Å². The molecule has 1 saturated heterocycles. The fourth-order valence-corrected chi connectivity index (χ4v) is 4.53. The van der Waals surface area contributed by atoms with E-state index < -0.39 is 0 Å². The Morgan fingerprint density at radius 2 is 1.96 bits per heavy atom. The molecule has 1 fully saturated rings. The van der Waals surface area contributed by atoms with E-state index in [-0.39, 0.29) is 5.91 Å². The Balaban J connectivity index is 1.49. The van der Waals surface area contributed by atoms with Gasteiger partial charge in [-0.2, -0.15) is 0 Å². The van der Waals surface area contributed by atoms with Crippen molar-refractivity contribution in [3.8, 4) is 0 Å². The Hall–Kier alpha value is -2.28. The van der Waals surface area contributed by atoms with Crippen LogP contribution in [0.4, 0.5) is 0 Å². The lowest BCUT2D eigenvalue weighted by atomic mass is 9.93. The molecule has 0 N–H and O–H groups in total. The van der Waals surface area contributed by atoms with Crippen molar-refractivity contribution in [3.05, 3.63) is 46.4 Å². The molecule has 0 unspecified atom stereocenters. The lowest BCUT2D eigenvalue weighted by molar-refractivity contribution is 0.0710. The number of hydrogen-bond acceptors (Lipinski definition) is 5. The smallest absolute Gasteiger partial charge is 0.257 e. The van der Waals surface area contributed by atoms with Crippen LogP contribution in [0.15, 0.2) is 17.8 Å². The van der Waals surface area contributed by atoms with Gasteiger partial charge >= 0.3 is 0 Å². The third kappa shape index (κ3) is 2.82. The van der Waals surface area contributed by atoms with Gasteiger partial charge in [0, 0.05) is 36.8 Å². The first kappa shape index (κ1) is 16.2. The Morgan fingerprint density at radius 3 is 2.68 bits per heavy atom. The molecule has 1 amide bonds. The summed E-state index contributed by atoms with van der Waals surface area (Å²) >= 11 is 1.74. The normalized spacial score (nSPS) is 15.9. The van der Waals surface area contributed by atoms with E-state index in [2.05, 4.69) is 25.9 Å². The van der Waals surface area contributed by atoms with Gasteiger partial charge in [-0.3, -0.25) is 9.20 Å². The highest BCUT2D eigenvalue weighted by Gasteiger charge is 2.28. The number of piperidine rings is 1. The van der Waals surface area contributed by atoms with Crippen molar-refractivity contribution in [1.29, 1.82) is 0 Å². The molecular weight excluding hydrogens is 334 g/mol. The molecule has 0 atom stereocenters. The predicted molar refractivity (Wildman–Crippen MR) is 97.2 cm³/mol. The first-order valence-corrected chi connectivity index (χ1v) is 9.44. The molecule has 3 aromatic rings. The van der Waals surface area contributed by atoms with Crippen LogP contribution in [-0.2, 0) is 0 Å². The third-order valence-corrected chi connectivity index (χ3v) is 5.84. The summed E-state index contributed by atoms with van der Waals surface area (Å²) in [6.07, 6.45) is 5.62. The van der Waals surface area contributed by atoms with Gasteiger partial charge in [-0.15, -0.1) is 11.3 Å². The summed E-state index contributed by atoms with van der Waals surface area (Å²) in [6, 6.07) is 0. The third-order valence-electron chi connectivity index (χ3n) is 4.96. The standard InChI is InChI=1S/C18H21N5OS/c1-11-15(10-19-12(2)20-11)17(24)22-6-4-14(5-7-22)16-18-23(8-9-25-18)13(3)21-16/h8-10,14H,4-7H2,1-3H3. The molecule has 3 aromatic heterocycles. The zero-order chi connectivity index (χ0) is 17.6. The predicted octanol–water partition coefficient (Wildman–Crippen LogP) is 3.13. The largest absolute Gasteiger partial charge is 0.338 e. The van der Waals surface area contributed by atoms with Crippen LogP contribution in [-0.4, -0.2) is 43.2 Å². The maximum atomic E-state index is 12.8. The van der Waals surface area contributed by atoms with E-state index in [0.29, 0.717) is 17.3 Å².